The van der Waals surface area contributed by atoms with Gasteiger partial charge in [0.25, 0.3) is 0 Å². The summed E-state index contributed by atoms with van der Waals surface area (Å²) in [6.45, 7) is 6.27. The Balaban J connectivity index is 2.69. The van der Waals surface area contributed by atoms with Crippen LogP contribution >= 0.6 is 0 Å². The normalized spacial score (nSPS) is 13.0. The summed E-state index contributed by atoms with van der Waals surface area (Å²) in [6.07, 6.45) is 10.8. The van der Waals surface area contributed by atoms with Crippen LogP contribution in [0.25, 0.3) is 0 Å². The molecule has 1 aromatic carbocycles. The molecular weight excluding hydrogens is 272 g/mol. The number of hydrogen-bond donors (Lipinski definition) is 0. The molecule has 0 radical (unpaired) electrons. The van der Waals surface area contributed by atoms with Crippen molar-refractivity contribution >= 4 is 0 Å². The number of methoxy groups -OCH3 is 2. The highest BCUT2D eigenvalue weighted by Gasteiger charge is 2.39. The highest BCUT2D eigenvalue weighted by atomic mass is 16.7. The fourth-order valence-electron chi connectivity index (χ4n) is 3.11. The molecule has 124 valence electrons. The molecule has 0 aliphatic rings. The van der Waals surface area contributed by atoms with Crippen molar-refractivity contribution in [2.75, 3.05) is 14.2 Å². The third kappa shape index (κ3) is 4.96. The molecule has 2 heteroatoms. The molecule has 0 saturated carbocycles. The van der Waals surface area contributed by atoms with Gasteiger partial charge in [0, 0.05) is 25.7 Å². The minimum atomic E-state index is -0.730. The summed E-state index contributed by atoms with van der Waals surface area (Å²) in [7, 11) is 3.43. The SMILES string of the molecule is C=CC(CCCCCCCC)C(OC)(OC)c1ccccc1. The van der Waals surface area contributed by atoms with Crippen LogP contribution in [0.3, 0.4) is 0 Å². The van der Waals surface area contributed by atoms with Gasteiger partial charge in [-0.25, -0.2) is 0 Å². The summed E-state index contributed by atoms with van der Waals surface area (Å²) in [6, 6.07) is 10.2. The van der Waals surface area contributed by atoms with E-state index in [1.165, 1.54) is 38.5 Å². The van der Waals surface area contributed by atoms with Crippen molar-refractivity contribution < 1.29 is 9.47 Å². The zero-order chi connectivity index (χ0) is 16.3. The molecule has 1 atom stereocenters. The number of hydrogen-bond acceptors (Lipinski definition) is 2. The van der Waals surface area contributed by atoms with E-state index in [2.05, 4.69) is 25.6 Å². The summed E-state index contributed by atoms with van der Waals surface area (Å²) in [4.78, 5) is 0. The van der Waals surface area contributed by atoms with Gasteiger partial charge in [-0.15, -0.1) is 6.58 Å². The Morgan fingerprint density at radius 2 is 1.59 bits per heavy atom. The van der Waals surface area contributed by atoms with Crippen LogP contribution in [0.1, 0.15) is 57.4 Å². The number of benzene rings is 1. The minimum Gasteiger partial charge on any atom is -0.349 e. The molecular formula is C20H32O2. The second-order valence-electron chi connectivity index (χ2n) is 5.84. The summed E-state index contributed by atoms with van der Waals surface area (Å²) in [5, 5.41) is 0. The van der Waals surface area contributed by atoms with Crippen LogP contribution in [-0.4, -0.2) is 14.2 Å². The molecule has 22 heavy (non-hydrogen) atoms. The Morgan fingerprint density at radius 1 is 1.00 bits per heavy atom. The molecule has 2 nitrogen and oxygen atoms in total. The summed E-state index contributed by atoms with van der Waals surface area (Å²) in [5.74, 6) is -0.581. The van der Waals surface area contributed by atoms with Gasteiger partial charge in [-0.2, -0.15) is 0 Å². The number of unbranched alkanes of at least 4 members (excludes halogenated alkanes) is 5. The highest BCUT2D eigenvalue weighted by molar-refractivity contribution is 5.22. The first-order valence-electron chi connectivity index (χ1n) is 8.53. The van der Waals surface area contributed by atoms with Gasteiger partial charge in [0.15, 0.2) is 0 Å². The van der Waals surface area contributed by atoms with Gasteiger partial charge in [0.05, 0.1) is 0 Å². The predicted molar refractivity (Wildman–Crippen MR) is 93.8 cm³/mol. The fraction of sp³-hybridized carbons (Fsp3) is 0.600. The largest absolute Gasteiger partial charge is 0.349 e. The Morgan fingerprint density at radius 3 is 2.14 bits per heavy atom. The van der Waals surface area contributed by atoms with E-state index in [4.69, 9.17) is 9.47 Å². The number of rotatable bonds is 12. The predicted octanol–water partition coefficient (Wildman–Crippen LogP) is 5.69. The van der Waals surface area contributed by atoms with Gasteiger partial charge in [0.1, 0.15) is 0 Å². The maximum Gasteiger partial charge on any atom is 0.200 e. The molecule has 1 aromatic rings. The molecule has 0 saturated heterocycles. The zero-order valence-corrected chi connectivity index (χ0v) is 14.5. The summed E-state index contributed by atoms with van der Waals surface area (Å²) in [5.41, 5.74) is 1.05. The van der Waals surface area contributed by atoms with Crippen LogP contribution in [0, 0.1) is 5.92 Å². The smallest absolute Gasteiger partial charge is 0.200 e. The van der Waals surface area contributed by atoms with Crippen LogP contribution in [0.15, 0.2) is 43.0 Å². The monoisotopic (exact) mass is 304 g/mol. The first kappa shape index (κ1) is 18.9. The molecule has 0 aliphatic carbocycles. The van der Waals surface area contributed by atoms with Gasteiger partial charge in [0.2, 0.25) is 5.79 Å². The quantitative estimate of drug-likeness (QED) is 0.281. The average molecular weight is 304 g/mol. The van der Waals surface area contributed by atoms with Gasteiger partial charge >= 0.3 is 0 Å². The fourth-order valence-corrected chi connectivity index (χ4v) is 3.11. The lowest BCUT2D eigenvalue weighted by Crippen LogP contribution is -2.38. The summed E-state index contributed by atoms with van der Waals surface area (Å²) < 4.78 is 11.7. The van der Waals surface area contributed by atoms with E-state index in [1.807, 2.05) is 24.3 Å². The lowest BCUT2D eigenvalue weighted by atomic mass is 9.87. The van der Waals surface area contributed by atoms with Gasteiger partial charge in [-0.05, 0) is 6.42 Å². The average Bonchev–Trinajstić information content (AvgIpc) is 2.58. The third-order valence-electron chi connectivity index (χ3n) is 4.42. The van der Waals surface area contributed by atoms with Crippen LogP contribution in [0.2, 0.25) is 0 Å². The Kier molecular flexibility index (Phi) is 9.10. The molecule has 0 fully saturated rings. The van der Waals surface area contributed by atoms with E-state index in [1.54, 1.807) is 14.2 Å². The van der Waals surface area contributed by atoms with Gasteiger partial charge in [-0.3, -0.25) is 0 Å². The van der Waals surface area contributed by atoms with E-state index >= 15 is 0 Å². The lowest BCUT2D eigenvalue weighted by Gasteiger charge is -2.37. The van der Waals surface area contributed by atoms with E-state index in [0.29, 0.717) is 0 Å². The van der Waals surface area contributed by atoms with Crippen molar-refractivity contribution in [2.45, 2.75) is 57.7 Å². The van der Waals surface area contributed by atoms with E-state index in [9.17, 15) is 0 Å². The molecule has 0 amide bonds. The Labute approximate surface area is 136 Å². The molecule has 0 N–H and O–H groups in total. The van der Waals surface area contributed by atoms with Gasteiger partial charge in [-0.1, -0.05) is 81.9 Å². The van der Waals surface area contributed by atoms with Crippen molar-refractivity contribution in [3.63, 3.8) is 0 Å². The second kappa shape index (κ2) is 10.6. The van der Waals surface area contributed by atoms with Crippen molar-refractivity contribution in [3.8, 4) is 0 Å². The van der Waals surface area contributed by atoms with E-state index < -0.39 is 5.79 Å². The third-order valence-corrected chi connectivity index (χ3v) is 4.42. The molecule has 0 spiro atoms. The van der Waals surface area contributed by atoms with Crippen molar-refractivity contribution in [2.24, 2.45) is 5.92 Å². The first-order valence-corrected chi connectivity index (χ1v) is 8.53. The standard InChI is InChI=1S/C20H32O2/c1-5-7-8-9-10-12-15-18(6-2)20(21-3,22-4)19-16-13-11-14-17-19/h6,11,13-14,16-18H,2,5,7-10,12,15H2,1,3-4H3. The zero-order valence-electron chi connectivity index (χ0n) is 14.5. The first-order chi connectivity index (χ1) is 10.7. The van der Waals surface area contributed by atoms with Crippen LogP contribution in [-0.2, 0) is 15.3 Å². The topological polar surface area (TPSA) is 18.5 Å². The molecule has 0 heterocycles. The Bertz CT molecular complexity index is 395. The highest BCUT2D eigenvalue weighted by Crippen LogP contribution is 2.37. The summed E-state index contributed by atoms with van der Waals surface area (Å²) >= 11 is 0. The minimum absolute atomic E-state index is 0.149. The van der Waals surface area contributed by atoms with Crippen molar-refractivity contribution in [1.29, 1.82) is 0 Å². The second-order valence-corrected chi connectivity index (χ2v) is 5.84. The molecule has 1 rings (SSSR count). The molecule has 1 unspecified atom stereocenters. The Hall–Kier alpha value is -1.12. The lowest BCUT2D eigenvalue weighted by molar-refractivity contribution is -0.241. The van der Waals surface area contributed by atoms with Crippen LogP contribution < -0.4 is 0 Å². The van der Waals surface area contributed by atoms with Crippen LogP contribution in [0.5, 0.6) is 0 Å². The van der Waals surface area contributed by atoms with Crippen LogP contribution in [0.4, 0.5) is 0 Å². The maximum absolute atomic E-state index is 5.83. The van der Waals surface area contributed by atoms with E-state index in [0.717, 1.165) is 12.0 Å². The number of ether oxygens (including phenoxy) is 2. The van der Waals surface area contributed by atoms with Crippen molar-refractivity contribution in [3.05, 3.63) is 48.6 Å². The van der Waals surface area contributed by atoms with Gasteiger partial charge < -0.3 is 9.47 Å². The van der Waals surface area contributed by atoms with Crippen molar-refractivity contribution in [1.82, 2.24) is 0 Å². The molecule has 0 aliphatic heterocycles. The molecule has 0 bridgehead atoms. The molecule has 0 aromatic heterocycles. The van der Waals surface area contributed by atoms with E-state index in [-0.39, 0.29) is 5.92 Å². The maximum atomic E-state index is 5.83.